The number of carbonyl (C=O) groups excluding carboxylic acids is 2. The molecule has 0 aromatic rings. The van der Waals surface area contributed by atoms with Crippen LogP contribution in [0.1, 0.15) is 40.5 Å². The van der Waals surface area contributed by atoms with Crippen LogP contribution in [0.25, 0.3) is 0 Å². The molecule has 1 atom stereocenters. The van der Waals surface area contributed by atoms with Crippen LogP contribution in [0.4, 0.5) is 0 Å². The summed E-state index contributed by atoms with van der Waals surface area (Å²) in [5.41, 5.74) is -0.355. The fraction of sp³-hybridized carbons (Fsp3) is 0.818. The van der Waals surface area contributed by atoms with E-state index >= 15 is 0 Å². The average Bonchev–Trinajstić information content (AvgIpc) is 2.13. The third-order valence-electron chi connectivity index (χ3n) is 2.08. The van der Waals surface area contributed by atoms with E-state index in [2.05, 4.69) is 0 Å². The van der Waals surface area contributed by atoms with E-state index in [9.17, 15) is 9.59 Å². The zero-order valence-corrected chi connectivity index (χ0v) is 9.91. The van der Waals surface area contributed by atoms with Gasteiger partial charge >= 0.3 is 0 Å². The summed E-state index contributed by atoms with van der Waals surface area (Å²) in [4.78, 5) is 20.8. The molecular formula is C11H20O4. The number of hydrogen-bond acceptors (Lipinski definition) is 4. The Morgan fingerprint density at radius 3 is 2.53 bits per heavy atom. The molecule has 88 valence electrons. The van der Waals surface area contributed by atoms with Gasteiger partial charge in [-0.3, -0.25) is 4.79 Å². The first-order valence-electron chi connectivity index (χ1n) is 5.10. The van der Waals surface area contributed by atoms with Crippen molar-refractivity contribution < 1.29 is 19.1 Å². The second-order valence-electron chi connectivity index (χ2n) is 4.32. The number of ether oxygens (including phenoxy) is 2. The lowest BCUT2D eigenvalue weighted by atomic mass is 10.0. The summed E-state index contributed by atoms with van der Waals surface area (Å²) in [6.07, 6.45) is 0.936. The maximum absolute atomic E-state index is 10.8. The van der Waals surface area contributed by atoms with Crippen molar-refractivity contribution >= 4 is 12.3 Å². The van der Waals surface area contributed by atoms with Crippen molar-refractivity contribution in [3.8, 4) is 0 Å². The Hall–Kier alpha value is -0.900. The summed E-state index contributed by atoms with van der Waals surface area (Å²) < 4.78 is 10.2. The number of ketones is 1. The first-order valence-corrected chi connectivity index (χ1v) is 5.10. The molecule has 0 aromatic heterocycles. The maximum atomic E-state index is 10.8. The fourth-order valence-corrected chi connectivity index (χ4v) is 1.03. The van der Waals surface area contributed by atoms with Gasteiger partial charge in [0.1, 0.15) is 11.9 Å². The summed E-state index contributed by atoms with van der Waals surface area (Å²) in [6, 6.07) is 0. The highest BCUT2D eigenvalue weighted by atomic mass is 16.6. The van der Waals surface area contributed by atoms with Crippen molar-refractivity contribution in [1.29, 1.82) is 0 Å². The molecule has 15 heavy (non-hydrogen) atoms. The summed E-state index contributed by atoms with van der Waals surface area (Å²) in [5.74, 6) is 0.156. The van der Waals surface area contributed by atoms with Gasteiger partial charge in [0.2, 0.25) is 0 Å². The summed E-state index contributed by atoms with van der Waals surface area (Å²) in [5, 5.41) is 0. The molecule has 0 radical (unpaired) electrons. The molecule has 0 bridgehead atoms. The van der Waals surface area contributed by atoms with Crippen LogP contribution in [0.2, 0.25) is 0 Å². The lowest BCUT2D eigenvalue weighted by molar-refractivity contribution is -0.139. The van der Waals surface area contributed by atoms with E-state index in [0.717, 1.165) is 0 Å². The lowest BCUT2D eigenvalue weighted by Gasteiger charge is -2.26. The van der Waals surface area contributed by atoms with Gasteiger partial charge in [0.25, 0.3) is 6.47 Å². The Morgan fingerprint density at radius 2 is 2.07 bits per heavy atom. The summed E-state index contributed by atoms with van der Waals surface area (Å²) in [7, 11) is 0. The minimum atomic E-state index is -0.355. The van der Waals surface area contributed by atoms with Crippen LogP contribution in [-0.2, 0) is 19.1 Å². The molecule has 0 N–H and O–H groups in total. The van der Waals surface area contributed by atoms with E-state index in [1.807, 2.05) is 13.8 Å². The molecule has 0 saturated heterocycles. The molecular weight excluding hydrogens is 196 g/mol. The summed E-state index contributed by atoms with van der Waals surface area (Å²) >= 11 is 0. The number of rotatable bonds is 8. The van der Waals surface area contributed by atoms with Crippen LogP contribution < -0.4 is 0 Å². The van der Waals surface area contributed by atoms with Crippen molar-refractivity contribution in [2.75, 3.05) is 6.61 Å². The highest BCUT2D eigenvalue weighted by molar-refractivity contribution is 5.75. The standard InChI is InChI=1S/C11H20O4/c1-9(13)5-6-11(3,4)15-7-10(2)14-8-12/h8,10H,5-7H2,1-4H3. The Balaban J connectivity index is 3.81. The van der Waals surface area contributed by atoms with Crippen LogP contribution in [-0.4, -0.2) is 30.6 Å². The Labute approximate surface area is 90.9 Å². The van der Waals surface area contributed by atoms with E-state index in [4.69, 9.17) is 9.47 Å². The average molecular weight is 216 g/mol. The van der Waals surface area contributed by atoms with Gasteiger partial charge in [-0.25, -0.2) is 0 Å². The SMILES string of the molecule is CC(=O)CCC(C)(C)OCC(C)OC=O. The van der Waals surface area contributed by atoms with Gasteiger partial charge in [0.05, 0.1) is 12.2 Å². The van der Waals surface area contributed by atoms with Crippen LogP contribution in [0.3, 0.4) is 0 Å². The van der Waals surface area contributed by atoms with Crippen molar-refractivity contribution in [3.05, 3.63) is 0 Å². The van der Waals surface area contributed by atoms with Crippen LogP contribution >= 0.6 is 0 Å². The van der Waals surface area contributed by atoms with E-state index in [1.165, 1.54) is 0 Å². The second kappa shape index (κ2) is 6.56. The van der Waals surface area contributed by atoms with Crippen molar-refractivity contribution in [2.24, 2.45) is 0 Å². The number of carbonyl (C=O) groups is 2. The van der Waals surface area contributed by atoms with Crippen LogP contribution in [0.15, 0.2) is 0 Å². The fourth-order valence-electron chi connectivity index (χ4n) is 1.03. The Morgan fingerprint density at radius 1 is 1.47 bits per heavy atom. The number of Topliss-reactive ketones (excluding diaryl/α,β-unsaturated/α-hetero) is 1. The molecule has 1 unspecified atom stereocenters. The Bertz CT molecular complexity index is 211. The minimum Gasteiger partial charge on any atom is -0.462 e. The smallest absolute Gasteiger partial charge is 0.293 e. The molecule has 0 saturated carbocycles. The van der Waals surface area contributed by atoms with E-state index < -0.39 is 0 Å². The van der Waals surface area contributed by atoms with Gasteiger partial charge in [-0.15, -0.1) is 0 Å². The highest BCUT2D eigenvalue weighted by Crippen LogP contribution is 2.17. The minimum absolute atomic E-state index is 0.156. The molecule has 0 aliphatic rings. The Kier molecular flexibility index (Phi) is 6.17. The predicted octanol–water partition coefficient (Wildman–Crippen LogP) is 1.71. The van der Waals surface area contributed by atoms with Crippen molar-refractivity contribution in [2.45, 2.75) is 52.2 Å². The molecule has 0 aromatic carbocycles. The molecule has 0 fully saturated rings. The van der Waals surface area contributed by atoms with E-state index in [0.29, 0.717) is 25.9 Å². The second-order valence-corrected chi connectivity index (χ2v) is 4.32. The highest BCUT2D eigenvalue weighted by Gasteiger charge is 2.20. The van der Waals surface area contributed by atoms with Crippen LogP contribution in [0, 0.1) is 0 Å². The monoisotopic (exact) mass is 216 g/mol. The third-order valence-corrected chi connectivity index (χ3v) is 2.08. The first-order chi connectivity index (χ1) is 6.87. The molecule has 0 aliphatic carbocycles. The van der Waals surface area contributed by atoms with Gasteiger partial charge < -0.3 is 14.3 Å². The first kappa shape index (κ1) is 14.1. The molecule has 0 spiro atoms. The van der Waals surface area contributed by atoms with Crippen molar-refractivity contribution in [1.82, 2.24) is 0 Å². The molecule has 4 heteroatoms. The van der Waals surface area contributed by atoms with Crippen LogP contribution in [0.5, 0.6) is 0 Å². The molecule has 0 aliphatic heterocycles. The van der Waals surface area contributed by atoms with Gasteiger partial charge in [-0.1, -0.05) is 0 Å². The molecule has 0 heterocycles. The normalized spacial score (nSPS) is 13.3. The van der Waals surface area contributed by atoms with E-state index in [-0.39, 0.29) is 17.5 Å². The molecule has 0 rings (SSSR count). The molecule has 4 nitrogen and oxygen atoms in total. The maximum Gasteiger partial charge on any atom is 0.293 e. The van der Waals surface area contributed by atoms with Gasteiger partial charge in [0, 0.05) is 6.42 Å². The van der Waals surface area contributed by atoms with Gasteiger partial charge in [0.15, 0.2) is 0 Å². The topological polar surface area (TPSA) is 52.6 Å². The zero-order chi connectivity index (χ0) is 11.9. The molecule has 0 amide bonds. The largest absolute Gasteiger partial charge is 0.462 e. The number of hydrogen-bond donors (Lipinski definition) is 0. The summed E-state index contributed by atoms with van der Waals surface area (Å²) in [6.45, 7) is 7.93. The predicted molar refractivity (Wildman–Crippen MR) is 56.6 cm³/mol. The lowest BCUT2D eigenvalue weighted by Crippen LogP contribution is -2.29. The zero-order valence-electron chi connectivity index (χ0n) is 9.91. The van der Waals surface area contributed by atoms with Crippen molar-refractivity contribution in [3.63, 3.8) is 0 Å². The third kappa shape index (κ3) is 8.12. The van der Waals surface area contributed by atoms with Gasteiger partial charge in [-0.05, 0) is 34.1 Å². The quantitative estimate of drug-likeness (QED) is 0.580. The van der Waals surface area contributed by atoms with E-state index in [1.54, 1.807) is 13.8 Å². The van der Waals surface area contributed by atoms with Gasteiger partial charge in [-0.2, -0.15) is 0 Å².